The molecule has 3 nitrogen and oxygen atoms in total. The first-order valence-corrected chi connectivity index (χ1v) is 14.1. The van der Waals surface area contributed by atoms with Gasteiger partial charge in [-0.25, -0.2) is 0 Å². The molecule has 0 amide bonds. The first-order valence-electron chi connectivity index (χ1n) is 11.2. The van der Waals surface area contributed by atoms with Crippen molar-refractivity contribution < 1.29 is 14.0 Å². The molecule has 0 aliphatic rings. The van der Waals surface area contributed by atoms with Crippen molar-refractivity contribution in [1.82, 2.24) is 0 Å². The Morgan fingerprint density at radius 2 is 1.63 bits per heavy atom. The first-order chi connectivity index (χ1) is 13.8. The highest BCUT2D eigenvalue weighted by Gasteiger charge is 2.46. The fourth-order valence-corrected chi connectivity index (χ4v) is 5.18. The van der Waals surface area contributed by atoms with E-state index in [1.165, 1.54) is 0 Å². The van der Waals surface area contributed by atoms with Crippen LogP contribution in [0.25, 0.3) is 0 Å². The van der Waals surface area contributed by atoms with Crippen LogP contribution in [0.2, 0.25) is 18.1 Å². The molecular formula is C26H44O3Si. The zero-order chi connectivity index (χ0) is 23.2. The molecule has 4 atom stereocenters. The smallest absolute Gasteiger partial charge is 0.192 e. The summed E-state index contributed by atoms with van der Waals surface area (Å²) in [5.41, 5.74) is 0.550. The molecule has 1 aromatic rings. The van der Waals surface area contributed by atoms with Gasteiger partial charge in [-0.05, 0) is 36.0 Å². The van der Waals surface area contributed by atoms with Gasteiger partial charge in [-0.2, -0.15) is 0 Å². The molecule has 0 N–H and O–H groups in total. The van der Waals surface area contributed by atoms with E-state index in [1.54, 1.807) is 0 Å². The van der Waals surface area contributed by atoms with Crippen molar-refractivity contribution in [2.45, 2.75) is 91.8 Å². The third-order valence-electron chi connectivity index (χ3n) is 6.65. The van der Waals surface area contributed by atoms with E-state index in [1.807, 2.05) is 38.1 Å². The van der Waals surface area contributed by atoms with E-state index >= 15 is 0 Å². The molecule has 30 heavy (non-hydrogen) atoms. The summed E-state index contributed by atoms with van der Waals surface area (Å²) >= 11 is 0. The molecule has 0 aliphatic heterocycles. The Morgan fingerprint density at radius 3 is 2.10 bits per heavy atom. The minimum atomic E-state index is -2.08. The van der Waals surface area contributed by atoms with Crippen molar-refractivity contribution in [2.75, 3.05) is 0 Å². The van der Waals surface area contributed by atoms with Gasteiger partial charge in [0, 0.05) is 11.3 Å². The molecule has 0 aromatic heterocycles. The van der Waals surface area contributed by atoms with Crippen molar-refractivity contribution in [3.8, 4) is 0 Å². The highest BCUT2D eigenvalue weighted by Crippen LogP contribution is 2.42. The highest BCUT2D eigenvalue weighted by atomic mass is 28.4. The molecule has 0 saturated heterocycles. The van der Waals surface area contributed by atoms with Crippen LogP contribution in [0.15, 0.2) is 43.0 Å². The molecule has 0 unspecified atom stereocenters. The Kier molecular flexibility index (Phi) is 9.72. The Labute approximate surface area is 186 Å². The summed E-state index contributed by atoms with van der Waals surface area (Å²) < 4.78 is 13.4. The second-order valence-corrected chi connectivity index (χ2v) is 15.6. The lowest BCUT2D eigenvalue weighted by Gasteiger charge is -2.47. The second-order valence-electron chi connectivity index (χ2n) is 10.9. The molecule has 1 rings (SSSR count). The maximum atomic E-state index is 12.1. The minimum Gasteiger partial charge on any atom is -0.413 e. The molecular weight excluding hydrogens is 388 g/mol. The zero-order valence-corrected chi connectivity index (χ0v) is 21.7. The van der Waals surface area contributed by atoms with Gasteiger partial charge in [0.2, 0.25) is 0 Å². The number of hydrogen-bond donors (Lipinski definition) is 0. The van der Waals surface area contributed by atoms with Crippen molar-refractivity contribution >= 4 is 14.6 Å². The zero-order valence-electron chi connectivity index (χ0n) is 20.7. The largest absolute Gasteiger partial charge is 0.413 e. The standard InChI is InChI=1S/C26H44O3Si/c1-11-15-20(2)23(28-18-22-16-13-12-14-17-22)21(3)24(26(7,8)19-27)29-30(9,10)25(4,5)6/h11-14,16-17,19-21,23-24H,1,15,18H2,2-10H3/t20-,21+,23-,24+/m0/s1. The Morgan fingerprint density at radius 1 is 1.07 bits per heavy atom. The average Bonchev–Trinajstić information content (AvgIpc) is 2.66. The van der Waals surface area contributed by atoms with Crippen molar-refractivity contribution in [1.29, 1.82) is 0 Å². The van der Waals surface area contributed by atoms with Crippen LogP contribution in [-0.4, -0.2) is 26.8 Å². The normalized spacial score (nSPS) is 17.1. The molecule has 0 aliphatic carbocycles. The Balaban J connectivity index is 3.23. The van der Waals surface area contributed by atoms with E-state index in [9.17, 15) is 4.79 Å². The molecule has 0 spiro atoms. The van der Waals surface area contributed by atoms with Gasteiger partial charge in [-0.1, -0.05) is 84.9 Å². The van der Waals surface area contributed by atoms with E-state index in [0.29, 0.717) is 6.61 Å². The lowest BCUT2D eigenvalue weighted by Crippen LogP contribution is -2.53. The van der Waals surface area contributed by atoms with Crippen LogP contribution in [0.3, 0.4) is 0 Å². The van der Waals surface area contributed by atoms with Crippen molar-refractivity contribution in [2.24, 2.45) is 17.3 Å². The summed E-state index contributed by atoms with van der Waals surface area (Å²) in [6, 6.07) is 10.2. The van der Waals surface area contributed by atoms with Gasteiger partial charge in [-0.15, -0.1) is 6.58 Å². The van der Waals surface area contributed by atoms with Gasteiger partial charge in [0.25, 0.3) is 0 Å². The third-order valence-corrected chi connectivity index (χ3v) is 11.1. The van der Waals surface area contributed by atoms with Gasteiger partial charge in [0.05, 0.1) is 18.8 Å². The molecule has 0 radical (unpaired) electrons. The highest BCUT2D eigenvalue weighted by molar-refractivity contribution is 6.74. The van der Waals surface area contributed by atoms with Crippen LogP contribution >= 0.6 is 0 Å². The molecule has 170 valence electrons. The summed E-state index contributed by atoms with van der Waals surface area (Å²) in [6.45, 7) is 24.0. The third kappa shape index (κ3) is 7.18. The molecule has 4 heteroatoms. The maximum absolute atomic E-state index is 12.1. The van der Waals surface area contributed by atoms with Gasteiger partial charge in [0.1, 0.15) is 6.29 Å². The number of aldehydes is 1. The summed E-state index contributed by atoms with van der Waals surface area (Å²) in [7, 11) is -2.08. The van der Waals surface area contributed by atoms with Crippen LogP contribution in [-0.2, 0) is 20.6 Å². The van der Waals surface area contributed by atoms with E-state index in [4.69, 9.17) is 9.16 Å². The Bertz CT molecular complexity index is 661. The number of carbonyl (C=O) groups excluding carboxylic acids is 1. The lowest BCUT2D eigenvalue weighted by atomic mass is 9.76. The van der Waals surface area contributed by atoms with Crippen molar-refractivity contribution in [3.63, 3.8) is 0 Å². The number of hydrogen-bond acceptors (Lipinski definition) is 3. The SMILES string of the molecule is C=CC[C@H](C)[C@H](OCc1ccccc1)[C@@H](C)[C@@H](O[Si](C)(C)C(C)(C)C)C(C)(C)C=O. The fourth-order valence-electron chi connectivity index (χ4n) is 3.67. The summed E-state index contributed by atoms with van der Waals surface area (Å²) in [4.78, 5) is 12.1. The second kappa shape index (κ2) is 10.9. The van der Waals surface area contributed by atoms with Gasteiger partial charge < -0.3 is 14.0 Å². The molecule has 0 heterocycles. The van der Waals surface area contributed by atoms with Gasteiger partial charge in [-0.3, -0.25) is 0 Å². The van der Waals surface area contributed by atoms with Crippen LogP contribution in [0.1, 0.15) is 60.5 Å². The van der Waals surface area contributed by atoms with Gasteiger partial charge >= 0.3 is 0 Å². The average molecular weight is 433 g/mol. The molecule has 0 fully saturated rings. The fraction of sp³-hybridized carbons (Fsp3) is 0.654. The minimum absolute atomic E-state index is 0.0443. The molecule has 0 saturated carbocycles. The van der Waals surface area contributed by atoms with Gasteiger partial charge in [0.15, 0.2) is 8.32 Å². The van der Waals surface area contributed by atoms with E-state index in [0.717, 1.165) is 18.3 Å². The summed E-state index contributed by atoms with van der Waals surface area (Å²) in [5.74, 6) is 0.326. The number of benzene rings is 1. The monoisotopic (exact) mass is 432 g/mol. The molecule has 0 bridgehead atoms. The quantitative estimate of drug-likeness (QED) is 0.202. The van der Waals surface area contributed by atoms with Crippen molar-refractivity contribution in [3.05, 3.63) is 48.6 Å². The predicted molar refractivity (Wildman–Crippen MR) is 130 cm³/mol. The predicted octanol–water partition coefficient (Wildman–Crippen LogP) is 7.04. The van der Waals surface area contributed by atoms with E-state index < -0.39 is 13.7 Å². The lowest BCUT2D eigenvalue weighted by molar-refractivity contribution is -0.128. The topological polar surface area (TPSA) is 35.5 Å². The number of allylic oxidation sites excluding steroid dienone is 1. The number of ether oxygens (including phenoxy) is 1. The Hall–Kier alpha value is -1.23. The van der Waals surface area contributed by atoms with E-state index in [-0.39, 0.29) is 29.1 Å². The van der Waals surface area contributed by atoms with Crippen LogP contribution < -0.4 is 0 Å². The summed E-state index contributed by atoms with van der Waals surface area (Å²) in [5, 5.41) is 0.0665. The number of rotatable bonds is 12. The van der Waals surface area contributed by atoms with Crippen LogP contribution in [0.4, 0.5) is 0 Å². The maximum Gasteiger partial charge on any atom is 0.192 e. The first kappa shape index (κ1) is 26.8. The van der Waals surface area contributed by atoms with Crippen LogP contribution in [0.5, 0.6) is 0 Å². The number of carbonyl (C=O) groups is 1. The van der Waals surface area contributed by atoms with Crippen LogP contribution in [0, 0.1) is 17.3 Å². The van der Waals surface area contributed by atoms with E-state index in [2.05, 4.69) is 66.4 Å². The molecule has 1 aromatic carbocycles. The summed E-state index contributed by atoms with van der Waals surface area (Å²) in [6.07, 6.45) is 3.59.